The lowest BCUT2D eigenvalue weighted by atomic mass is 10.1. The first-order chi connectivity index (χ1) is 10.1. The first-order valence-corrected chi connectivity index (χ1v) is 7.64. The van der Waals surface area contributed by atoms with Crippen LogP contribution in [0.3, 0.4) is 0 Å². The molecule has 0 aromatic carbocycles. The monoisotopic (exact) mass is 306 g/mol. The van der Waals surface area contributed by atoms with Crippen LogP contribution in [0.15, 0.2) is 6.07 Å². The van der Waals surface area contributed by atoms with Crippen LogP contribution in [-0.2, 0) is 4.79 Å². The molecule has 3 rings (SSSR count). The number of hydrazine groups is 1. The van der Waals surface area contributed by atoms with E-state index in [1.54, 1.807) is 16.2 Å². The summed E-state index contributed by atoms with van der Waals surface area (Å²) in [6.07, 6.45) is 1.37. The number of carbonyl (C=O) groups excluding carboxylic acids is 1. The van der Waals surface area contributed by atoms with Gasteiger partial charge in [0.1, 0.15) is 10.6 Å². The predicted octanol–water partition coefficient (Wildman–Crippen LogP) is 1.32. The van der Waals surface area contributed by atoms with Gasteiger partial charge in [-0.25, -0.2) is 10.8 Å². The molecule has 112 valence electrons. The van der Waals surface area contributed by atoms with E-state index in [9.17, 15) is 4.79 Å². The number of anilines is 2. The first-order valence-electron chi connectivity index (χ1n) is 6.82. The summed E-state index contributed by atoms with van der Waals surface area (Å²) in [5, 5.41) is 4.43. The minimum absolute atomic E-state index is 0.191. The van der Waals surface area contributed by atoms with Crippen molar-refractivity contribution < 1.29 is 4.79 Å². The maximum absolute atomic E-state index is 11.6. The minimum atomic E-state index is 0.191. The van der Waals surface area contributed by atoms with E-state index in [4.69, 9.17) is 5.84 Å². The van der Waals surface area contributed by atoms with E-state index >= 15 is 0 Å². The number of piperidine rings is 1. The van der Waals surface area contributed by atoms with Gasteiger partial charge in [-0.3, -0.25) is 10.2 Å². The fourth-order valence-electron chi connectivity index (χ4n) is 2.54. The summed E-state index contributed by atoms with van der Waals surface area (Å²) in [6.45, 7) is 2.72. The Balaban J connectivity index is 1.90. The molecule has 7 nitrogen and oxygen atoms in total. The maximum atomic E-state index is 11.6. The highest BCUT2D eigenvalue weighted by Gasteiger charge is 2.24. The van der Waals surface area contributed by atoms with E-state index in [2.05, 4.69) is 26.8 Å². The van der Waals surface area contributed by atoms with Crippen molar-refractivity contribution in [1.29, 1.82) is 0 Å². The average molecular weight is 306 g/mol. The number of fused-ring (bicyclic) bond motifs is 1. The zero-order valence-electron chi connectivity index (χ0n) is 12.0. The SMILES string of the molecule is Cc1cc2c(NC3CCC(=O)N(C)C3)nc(NN)nc2s1. The summed E-state index contributed by atoms with van der Waals surface area (Å²) in [6, 6.07) is 2.26. The Bertz CT molecular complexity index is 685. The van der Waals surface area contributed by atoms with Gasteiger partial charge in [0.25, 0.3) is 0 Å². The van der Waals surface area contributed by atoms with E-state index in [0.717, 1.165) is 22.5 Å². The molecule has 0 bridgehead atoms. The Morgan fingerprint density at radius 3 is 3.00 bits per heavy atom. The molecule has 2 aromatic rings. The summed E-state index contributed by atoms with van der Waals surface area (Å²) < 4.78 is 0. The van der Waals surface area contributed by atoms with E-state index in [1.807, 2.05) is 14.0 Å². The number of nitrogens with two attached hydrogens (primary N) is 1. The summed E-state index contributed by atoms with van der Waals surface area (Å²) in [5.74, 6) is 6.79. The van der Waals surface area contributed by atoms with Crippen LogP contribution >= 0.6 is 11.3 Å². The van der Waals surface area contributed by atoms with Crippen molar-refractivity contribution in [3.63, 3.8) is 0 Å². The average Bonchev–Trinajstić information content (AvgIpc) is 2.83. The van der Waals surface area contributed by atoms with Gasteiger partial charge in [-0.2, -0.15) is 4.98 Å². The molecule has 1 unspecified atom stereocenters. The van der Waals surface area contributed by atoms with Crippen LogP contribution in [-0.4, -0.2) is 40.4 Å². The fourth-order valence-corrected chi connectivity index (χ4v) is 3.42. The molecule has 1 amide bonds. The zero-order chi connectivity index (χ0) is 15.0. The van der Waals surface area contributed by atoms with Gasteiger partial charge in [0, 0.05) is 30.9 Å². The largest absolute Gasteiger partial charge is 0.365 e. The predicted molar refractivity (Wildman–Crippen MR) is 84.2 cm³/mol. The van der Waals surface area contributed by atoms with Gasteiger partial charge >= 0.3 is 0 Å². The third-order valence-corrected chi connectivity index (χ3v) is 4.56. The summed E-state index contributed by atoms with van der Waals surface area (Å²) in [7, 11) is 1.83. The quantitative estimate of drug-likeness (QED) is 0.584. The second kappa shape index (κ2) is 5.45. The number of aryl methyl sites for hydroxylation is 1. The number of nitrogen functional groups attached to an aromatic ring is 1. The van der Waals surface area contributed by atoms with Crippen LogP contribution in [0.25, 0.3) is 10.2 Å². The van der Waals surface area contributed by atoms with Crippen molar-refractivity contribution in [2.24, 2.45) is 5.84 Å². The zero-order valence-corrected chi connectivity index (χ0v) is 12.8. The van der Waals surface area contributed by atoms with Crippen molar-refractivity contribution >= 4 is 39.2 Å². The van der Waals surface area contributed by atoms with Crippen molar-refractivity contribution in [1.82, 2.24) is 14.9 Å². The molecule has 8 heteroatoms. The highest BCUT2D eigenvalue weighted by atomic mass is 32.1. The summed E-state index contributed by atoms with van der Waals surface area (Å²) in [4.78, 5) is 24.2. The van der Waals surface area contributed by atoms with Gasteiger partial charge in [0.05, 0.1) is 5.39 Å². The number of aromatic nitrogens is 2. The van der Waals surface area contributed by atoms with Crippen molar-refractivity contribution in [2.75, 3.05) is 24.3 Å². The smallest absolute Gasteiger partial charge is 0.240 e. The number of carbonyl (C=O) groups is 1. The molecule has 3 heterocycles. The molecule has 1 fully saturated rings. The molecule has 1 atom stereocenters. The second-order valence-corrected chi connectivity index (χ2v) is 6.51. The standard InChI is InChI=1S/C13H18N6OS/c1-7-5-9-11(16-13(18-14)17-12(9)21-7)15-8-3-4-10(20)19(2)6-8/h5,8H,3-4,6,14H2,1-2H3,(H2,15,16,17,18). The fraction of sp³-hybridized carbons (Fsp3) is 0.462. The third-order valence-electron chi connectivity index (χ3n) is 3.61. The number of likely N-dealkylation sites (tertiary alicyclic amines) is 1. The highest BCUT2D eigenvalue weighted by Crippen LogP contribution is 2.30. The Hall–Kier alpha value is -1.93. The van der Waals surface area contributed by atoms with E-state index in [-0.39, 0.29) is 11.9 Å². The van der Waals surface area contributed by atoms with Crippen LogP contribution in [0, 0.1) is 6.92 Å². The summed E-state index contributed by atoms with van der Waals surface area (Å²) >= 11 is 1.61. The van der Waals surface area contributed by atoms with Gasteiger partial charge in [0.15, 0.2) is 0 Å². The van der Waals surface area contributed by atoms with Crippen LogP contribution in [0.1, 0.15) is 17.7 Å². The molecule has 21 heavy (non-hydrogen) atoms. The maximum Gasteiger partial charge on any atom is 0.240 e. The molecule has 0 spiro atoms. The molecule has 1 aliphatic heterocycles. The molecule has 2 aromatic heterocycles. The Morgan fingerprint density at radius 2 is 2.29 bits per heavy atom. The number of hydrogen-bond acceptors (Lipinski definition) is 7. The molecule has 0 saturated carbocycles. The van der Waals surface area contributed by atoms with Gasteiger partial charge < -0.3 is 10.2 Å². The topological polar surface area (TPSA) is 96.2 Å². The van der Waals surface area contributed by atoms with E-state index in [0.29, 0.717) is 18.9 Å². The van der Waals surface area contributed by atoms with Crippen LogP contribution < -0.4 is 16.6 Å². The normalized spacial score (nSPS) is 19.1. The van der Waals surface area contributed by atoms with Gasteiger partial charge in [-0.05, 0) is 19.4 Å². The number of nitrogens with zero attached hydrogens (tertiary/aromatic N) is 3. The lowest BCUT2D eigenvalue weighted by molar-refractivity contribution is -0.132. The Labute approximate surface area is 126 Å². The highest BCUT2D eigenvalue weighted by molar-refractivity contribution is 7.18. The molecule has 1 aliphatic rings. The Morgan fingerprint density at radius 1 is 1.48 bits per heavy atom. The van der Waals surface area contributed by atoms with Crippen molar-refractivity contribution in [2.45, 2.75) is 25.8 Å². The molecular formula is C13H18N6OS. The molecule has 4 N–H and O–H groups in total. The number of hydrogen-bond donors (Lipinski definition) is 3. The van der Waals surface area contributed by atoms with Crippen LogP contribution in [0.2, 0.25) is 0 Å². The molecule has 0 aliphatic carbocycles. The Kier molecular flexibility index (Phi) is 3.64. The van der Waals surface area contributed by atoms with Gasteiger partial charge in [-0.1, -0.05) is 0 Å². The molecule has 0 radical (unpaired) electrons. The van der Waals surface area contributed by atoms with E-state index < -0.39 is 0 Å². The van der Waals surface area contributed by atoms with Gasteiger partial charge in [-0.15, -0.1) is 11.3 Å². The first kappa shape index (κ1) is 14.0. The molecule has 1 saturated heterocycles. The lowest BCUT2D eigenvalue weighted by Crippen LogP contribution is -2.43. The van der Waals surface area contributed by atoms with Crippen LogP contribution in [0.5, 0.6) is 0 Å². The molecular weight excluding hydrogens is 288 g/mol. The van der Waals surface area contributed by atoms with Gasteiger partial charge in [0.2, 0.25) is 11.9 Å². The lowest BCUT2D eigenvalue weighted by Gasteiger charge is -2.30. The van der Waals surface area contributed by atoms with Crippen molar-refractivity contribution in [3.8, 4) is 0 Å². The van der Waals surface area contributed by atoms with E-state index in [1.165, 1.54) is 4.88 Å². The number of thiophene rings is 1. The summed E-state index contributed by atoms with van der Waals surface area (Å²) in [5.41, 5.74) is 2.50. The second-order valence-electron chi connectivity index (χ2n) is 5.27. The number of amides is 1. The third kappa shape index (κ3) is 2.77. The number of likely N-dealkylation sites (N-methyl/N-ethyl adjacent to an activating group) is 1. The number of rotatable bonds is 3. The minimum Gasteiger partial charge on any atom is -0.365 e. The van der Waals surface area contributed by atoms with Crippen molar-refractivity contribution in [3.05, 3.63) is 10.9 Å². The van der Waals surface area contributed by atoms with Crippen LogP contribution in [0.4, 0.5) is 11.8 Å². The number of nitrogens with one attached hydrogen (secondary N) is 2.